The molecule has 2 amide bonds. The lowest BCUT2D eigenvalue weighted by Crippen LogP contribution is -2.51. The molecule has 0 aromatic heterocycles. The average Bonchev–Trinajstić information content (AvgIpc) is 2.27. The highest BCUT2D eigenvalue weighted by Gasteiger charge is 2.26. The van der Waals surface area contributed by atoms with Gasteiger partial charge in [0, 0.05) is 19.5 Å². The maximum absolute atomic E-state index is 11.9. The Morgan fingerprint density at radius 3 is 2.78 bits per heavy atom. The third-order valence-corrected chi connectivity index (χ3v) is 2.79. The molecule has 4 nitrogen and oxygen atoms in total. The molecule has 1 unspecified atom stereocenters. The minimum Gasteiger partial charge on any atom is -0.377 e. The molecular formula is C11H19F3N2O2. The monoisotopic (exact) mass is 268 g/mol. The molecule has 106 valence electrons. The zero-order valence-electron chi connectivity index (χ0n) is 10.4. The van der Waals surface area contributed by atoms with Crippen LogP contribution < -0.4 is 5.32 Å². The lowest BCUT2D eigenvalue weighted by molar-refractivity contribution is -0.135. The molecule has 18 heavy (non-hydrogen) atoms. The van der Waals surface area contributed by atoms with Crippen molar-refractivity contribution in [1.29, 1.82) is 0 Å². The number of hydrogen-bond acceptors (Lipinski definition) is 2. The van der Waals surface area contributed by atoms with Gasteiger partial charge in [0.2, 0.25) is 0 Å². The van der Waals surface area contributed by atoms with E-state index in [2.05, 4.69) is 5.32 Å². The van der Waals surface area contributed by atoms with Crippen LogP contribution in [0.2, 0.25) is 0 Å². The SMILES string of the molecule is CC1COCCN1C(=O)NCCCCC(F)(F)F. The summed E-state index contributed by atoms with van der Waals surface area (Å²) in [4.78, 5) is 13.4. The molecule has 0 spiro atoms. The number of amides is 2. The summed E-state index contributed by atoms with van der Waals surface area (Å²) < 4.78 is 40.8. The van der Waals surface area contributed by atoms with Crippen LogP contribution in [-0.4, -0.2) is 49.5 Å². The Balaban J connectivity index is 2.13. The van der Waals surface area contributed by atoms with Crippen LogP contribution in [0.5, 0.6) is 0 Å². The molecule has 0 saturated carbocycles. The van der Waals surface area contributed by atoms with Gasteiger partial charge in [0.05, 0.1) is 19.3 Å². The number of urea groups is 1. The van der Waals surface area contributed by atoms with E-state index >= 15 is 0 Å². The van der Waals surface area contributed by atoms with E-state index in [1.165, 1.54) is 0 Å². The molecule has 0 bridgehead atoms. The van der Waals surface area contributed by atoms with E-state index < -0.39 is 12.6 Å². The normalized spacial score (nSPS) is 20.9. The number of halogens is 3. The van der Waals surface area contributed by atoms with Crippen molar-refractivity contribution in [2.45, 2.75) is 38.4 Å². The smallest absolute Gasteiger partial charge is 0.377 e. The number of rotatable bonds is 4. The van der Waals surface area contributed by atoms with Gasteiger partial charge in [-0.15, -0.1) is 0 Å². The predicted octanol–water partition coefficient (Wildman–Crippen LogP) is 2.15. The number of nitrogens with zero attached hydrogens (tertiary/aromatic N) is 1. The van der Waals surface area contributed by atoms with Crippen molar-refractivity contribution in [2.75, 3.05) is 26.3 Å². The Morgan fingerprint density at radius 1 is 1.44 bits per heavy atom. The minimum absolute atomic E-state index is 0.00826. The molecule has 1 aliphatic rings. The van der Waals surface area contributed by atoms with Gasteiger partial charge in [0.15, 0.2) is 0 Å². The largest absolute Gasteiger partial charge is 0.389 e. The molecule has 0 radical (unpaired) electrons. The maximum Gasteiger partial charge on any atom is 0.389 e. The first kappa shape index (κ1) is 15.1. The van der Waals surface area contributed by atoms with Crippen molar-refractivity contribution < 1.29 is 22.7 Å². The molecule has 1 rings (SSSR count). The van der Waals surface area contributed by atoms with Gasteiger partial charge < -0.3 is 15.0 Å². The highest BCUT2D eigenvalue weighted by molar-refractivity contribution is 5.74. The Bertz CT molecular complexity index is 272. The Kier molecular flexibility index (Phi) is 5.71. The van der Waals surface area contributed by atoms with E-state index in [0.29, 0.717) is 26.2 Å². The second-order valence-electron chi connectivity index (χ2n) is 4.42. The van der Waals surface area contributed by atoms with Crippen LogP contribution in [0.3, 0.4) is 0 Å². The number of hydrogen-bond donors (Lipinski definition) is 1. The first-order valence-electron chi connectivity index (χ1n) is 6.09. The summed E-state index contributed by atoms with van der Waals surface area (Å²) in [5, 5.41) is 2.63. The Hall–Kier alpha value is -0.980. The molecule has 0 aromatic rings. The van der Waals surface area contributed by atoms with E-state index in [1.807, 2.05) is 6.92 Å². The standard InChI is InChI=1S/C11H19F3N2O2/c1-9-8-18-7-6-16(9)10(17)15-5-3-2-4-11(12,13)14/h9H,2-8H2,1H3,(H,15,17). The van der Waals surface area contributed by atoms with Crippen molar-refractivity contribution in [3.05, 3.63) is 0 Å². The summed E-state index contributed by atoms with van der Waals surface area (Å²) >= 11 is 0. The first-order chi connectivity index (χ1) is 8.40. The molecule has 0 aromatic carbocycles. The highest BCUT2D eigenvalue weighted by atomic mass is 19.4. The Morgan fingerprint density at radius 2 is 2.17 bits per heavy atom. The zero-order valence-corrected chi connectivity index (χ0v) is 10.4. The van der Waals surface area contributed by atoms with Gasteiger partial charge in [0.25, 0.3) is 0 Å². The van der Waals surface area contributed by atoms with Gasteiger partial charge in [-0.25, -0.2) is 4.79 Å². The van der Waals surface area contributed by atoms with E-state index in [4.69, 9.17) is 4.74 Å². The van der Waals surface area contributed by atoms with Crippen LogP contribution >= 0.6 is 0 Å². The summed E-state index contributed by atoms with van der Waals surface area (Å²) in [6.07, 6.45) is -4.52. The molecule has 1 saturated heterocycles. The molecule has 1 aliphatic heterocycles. The second kappa shape index (κ2) is 6.82. The fourth-order valence-electron chi connectivity index (χ4n) is 1.78. The third-order valence-electron chi connectivity index (χ3n) is 2.79. The number of unbranched alkanes of at least 4 members (excludes halogenated alkanes) is 1. The summed E-state index contributed by atoms with van der Waals surface area (Å²) in [7, 11) is 0. The Labute approximate surface area is 104 Å². The van der Waals surface area contributed by atoms with E-state index in [0.717, 1.165) is 0 Å². The van der Waals surface area contributed by atoms with Gasteiger partial charge >= 0.3 is 12.2 Å². The van der Waals surface area contributed by atoms with Crippen LogP contribution in [0.25, 0.3) is 0 Å². The number of ether oxygens (including phenoxy) is 1. The molecular weight excluding hydrogens is 249 g/mol. The van der Waals surface area contributed by atoms with Crippen molar-refractivity contribution in [1.82, 2.24) is 10.2 Å². The van der Waals surface area contributed by atoms with Gasteiger partial charge in [-0.05, 0) is 19.8 Å². The van der Waals surface area contributed by atoms with Gasteiger partial charge in [-0.3, -0.25) is 0 Å². The van der Waals surface area contributed by atoms with Gasteiger partial charge in [-0.2, -0.15) is 13.2 Å². The van der Waals surface area contributed by atoms with Crippen LogP contribution in [0.1, 0.15) is 26.2 Å². The molecule has 1 atom stereocenters. The first-order valence-corrected chi connectivity index (χ1v) is 6.09. The number of nitrogens with one attached hydrogen (secondary N) is 1. The number of carbonyl (C=O) groups is 1. The molecule has 1 fully saturated rings. The van der Waals surface area contributed by atoms with E-state index in [-0.39, 0.29) is 25.0 Å². The average molecular weight is 268 g/mol. The number of alkyl halides is 3. The third kappa shape index (κ3) is 5.57. The topological polar surface area (TPSA) is 41.6 Å². The van der Waals surface area contributed by atoms with E-state index in [9.17, 15) is 18.0 Å². The van der Waals surface area contributed by atoms with E-state index in [1.54, 1.807) is 4.90 Å². The van der Waals surface area contributed by atoms with Crippen molar-refractivity contribution in [2.24, 2.45) is 0 Å². The van der Waals surface area contributed by atoms with Crippen molar-refractivity contribution in [3.63, 3.8) is 0 Å². The van der Waals surface area contributed by atoms with Crippen LogP contribution in [-0.2, 0) is 4.74 Å². The van der Waals surface area contributed by atoms with Crippen molar-refractivity contribution >= 4 is 6.03 Å². The molecule has 0 aliphatic carbocycles. The lowest BCUT2D eigenvalue weighted by atomic mass is 10.2. The fraction of sp³-hybridized carbons (Fsp3) is 0.909. The number of carbonyl (C=O) groups excluding carboxylic acids is 1. The minimum atomic E-state index is -4.11. The summed E-state index contributed by atoms with van der Waals surface area (Å²) in [5.41, 5.74) is 0. The van der Waals surface area contributed by atoms with Crippen LogP contribution in [0, 0.1) is 0 Å². The maximum atomic E-state index is 11.9. The van der Waals surface area contributed by atoms with Gasteiger partial charge in [0.1, 0.15) is 0 Å². The van der Waals surface area contributed by atoms with Crippen molar-refractivity contribution in [3.8, 4) is 0 Å². The molecule has 7 heteroatoms. The molecule has 1 heterocycles. The summed E-state index contributed by atoms with van der Waals surface area (Å²) in [6, 6.07) is -0.216. The molecule has 1 N–H and O–H groups in total. The quantitative estimate of drug-likeness (QED) is 0.794. The predicted molar refractivity (Wildman–Crippen MR) is 60.3 cm³/mol. The van der Waals surface area contributed by atoms with Crippen LogP contribution in [0.4, 0.5) is 18.0 Å². The highest BCUT2D eigenvalue weighted by Crippen LogP contribution is 2.21. The second-order valence-corrected chi connectivity index (χ2v) is 4.42. The summed E-state index contributed by atoms with van der Waals surface area (Å²) in [5.74, 6) is 0. The summed E-state index contributed by atoms with van der Waals surface area (Å²) in [6.45, 7) is 3.68. The van der Waals surface area contributed by atoms with Crippen LogP contribution in [0.15, 0.2) is 0 Å². The lowest BCUT2D eigenvalue weighted by Gasteiger charge is -2.33. The fourth-order valence-corrected chi connectivity index (χ4v) is 1.78. The number of morpholine rings is 1. The zero-order chi connectivity index (χ0) is 13.6. The van der Waals surface area contributed by atoms with Gasteiger partial charge in [-0.1, -0.05) is 0 Å².